The summed E-state index contributed by atoms with van der Waals surface area (Å²) in [6.45, 7) is 5.00. The van der Waals surface area contributed by atoms with E-state index in [-0.39, 0.29) is 12.3 Å². The van der Waals surface area contributed by atoms with Gasteiger partial charge in [-0.1, -0.05) is 17.7 Å². The number of esters is 1. The summed E-state index contributed by atoms with van der Waals surface area (Å²) in [7, 11) is 4.62. The van der Waals surface area contributed by atoms with E-state index in [4.69, 9.17) is 21.2 Å². The van der Waals surface area contributed by atoms with E-state index in [1.54, 1.807) is 19.2 Å². The predicted molar refractivity (Wildman–Crippen MR) is 100.0 cm³/mol. The van der Waals surface area contributed by atoms with Gasteiger partial charge in [0.15, 0.2) is 0 Å². The Balaban J connectivity index is 2.25. The summed E-state index contributed by atoms with van der Waals surface area (Å²) in [5, 5.41) is 2.35. The number of carbonyl (C=O) groups excluding carboxylic acids is 2. The maximum absolute atomic E-state index is 13.0. The molecule has 0 atom stereocenters. The number of hydroxylamine groups is 2. The number of methoxy groups -OCH3 is 1. The van der Waals surface area contributed by atoms with Crippen molar-refractivity contribution < 1.29 is 19.2 Å². The number of amides is 1. The van der Waals surface area contributed by atoms with Crippen molar-refractivity contribution in [3.8, 4) is 0 Å². The Labute approximate surface area is 159 Å². The minimum atomic E-state index is -0.980. The third-order valence-electron chi connectivity index (χ3n) is 5.28. The van der Waals surface area contributed by atoms with E-state index < -0.39 is 11.5 Å². The van der Waals surface area contributed by atoms with E-state index in [0.717, 1.165) is 16.7 Å². The molecule has 0 spiro atoms. The molecule has 0 bridgehead atoms. The monoisotopic (exact) mass is 382 g/mol. The van der Waals surface area contributed by atoms with Crippen LogP contribution in [0.15, 0.2) is 12.1 Å². The fraction of sp³-hybridized carbons (Fsp3) is 0.579. The lowest BCUT2D eigenvalue weighted by molar-refractivity contribution is -0.183. The third kappa shape index (κ3) is 4.03. The molecule has 26 heavy (non-hydrogen) atoms. The van der Waals surface area contributed by atoms with Crippen molar-refractivity contribution in [3.05, 3.63) is 33.8 Å². The van der Waals surface area contributed by atoms with Gasteiger partial charge < -0.3 is 14.5 Å². The molecule has 1 aliphatic rings. The minimum Gasteiger partial charge on any atom is -0.467 e. The first kappa shape index (κ1) is 20.7. The summed E-state index contributed by atoms with van der Waals surface area (Å²) in [5.74, 6) is -0.550. The van der Waals surface area contributed by atoms with E-state index in [9.17, 15) is 9.59 Å². The van der Waals surface area contributed by atoms with Crippen LogP contribution in [0.2, 0.25) is 5.02 Å². The average molecular weight is 383 g/mol. The van der Waals surface area contributed by atoms with Crippen LogP contribution in [0.25, 0.3) is 0 Å². The van der Waals surface area contributed by atoms with Crippen LogP contribution in [0.1, 0.15) is 29.5 Å². The van der Waals surface area contributed by atoms with Crippen LogP contribution in [0.3, 0.4) is 0 Å². The number of carbonyl (C=O) groups is 2. The van der Waals surface area contributed by atoms with Gasteiger partial charge in [0.25, 0.3) is 0 Å². The van der Waals surface area contributed by atoms with Crippen LogP contribution in [0.4, 0.5) is 0 Å². The molecule has 0 radical (unpaired) electrons. The van der Waals surface area contributed by atoms with Crippen LogP contribution in [-0.2, 0) is 25.6 Å². The van der Waals surface area contributed by atoms with Gasteiger partial charge in [-0.25, -0.2) is 4.79 Å². The van der Waals surface area contributed by atoms with Gasteiger partial charge in [0.2, 0.25) is 5.91 Å². The number of halogens is 1. The summed E-state index contributed by atoms with van der Waals surface area (Å²) in [5.41, 5.74) is 1.84. The van der Waals surface area contributed by atoms with Crippen molar-refractivity contribution in [2.24, 2.45) is 0 Å². The molecule has 1 aromatic carbocycles. The highest BCUT2D eigenvalue weighted by Gasteiger charge is 2.48. The van der Waals surface area contributed by atoms with Crippen molar-refractivity contribution in [1.82, 2.24) is 9.96 Å². The van der Waals surface area contributed by atoms with Crippen molar-refractivity contribution >= 4 is 23.5 Å². The van der Waals surface area contributed by atoms with Gasteiger partial charge in [-0.3, -0.25) is 4.79 Å². The van der Waals surface area contributed by atoms with Crippen molar-refractivity contribution in [1.29, 1.82) is 0 Å². The number of ether oxygens (including phenoxy) is 1. The molecule has 6 nitrogen and oxygen atoms in total. The standard InChI is InChI=1S/C19H27ClN2O4/c1-13-10-14(2)15(16(20)11-13)12-17(23)21(3)19(18(24)25-4)6-8-22(26-5)9-7-19/h10-11H,6-9,12H2,1-5H3. The zero-order valence-electron chi connectivity index (χ0n) is 16.1. The van der Waals surface area contributed by atoms with Gasteiger partial charge in [0, 0.05) is 25.2 Å². The van der Waals surface area contributed by atoms with Gasteiger partial charge >= 0.3 is 5.97 Å². The number of likely N-dealkylation sites (N-methyl/N-ethyl adjacent to an activating group) is 1. The zero-order chi connectivity index (χ0) is 19.5. The fourth-order valence-corrected chi connectivity index (χ4v) is 3.97. The third-order valence-corrected chi connectivity index (χ3v) is 5.62. The largest absolute Gasteiger partial charge is 0.467 e. The molecule has 7 heteroatoms. The molecule has 1 fully saturated rings. The summed E-state index contributed by atoms with van der Waals surface area (Å²) in [6.07, 6.45) is 1.06. The lowest BCUT2D eigenvalue weighted by Crippen LogP contribution is -2.61. The van der Waals surface area contributed by atoms with Crippen LogP contribution < -0.4 is 0 Å². The highest BCUT2D eigenvalue weighted by Crippen LogP contribution is 2.31. The number of aryl methyl sites for hydroxylation is 2. The Bertz CT molecular complexity index is 661. The van der Waals surface area contributed by atoms with E-state index in [1.165, 1.54) is 12.0 Å². The summed E-state index contributed by atoms with van der Waals surface area (Å²) >= 11 is 6.35. The van der Waals surface area contributed by atoms with Crippen LogP contribution in [0, 0.1) is 13.8 Å². The second kappa shape index (κ2) is 8.37. The second-order valence-corrected chi connectivity index (χ2v) is 7.21. The van der Waals surface area contributed by atoms with Gasteiger partial charge in [0.1, 0.15) is 5.54 Å². The first-order valence-corrected chi connectivity index (χ1v) is 9.02. The minimum absolute atomic E-state index is 0.147. The Morgan fingerprint density at radius 1 is 1.23 bits per heavy atom. The maximum atomic E-state index is 13.0. The molecule has 144 valence electrons. The van der Waals surface area contributed by atoms with Crippen molar-refractivity contribution in [2.75, 3.05) is 34.4 Å². The molecule has 0 saturated carbocycles. The van der Waals surface area contributed by atoms with Crippen molar-refractivity contribution in [2.45, 2.75) is 38.6 Å². The first-order valence-electron chi connectivity index (χ1n) is 8.65. The van der Waals surface area contributed by atoms with Crippen LogP contribution in [-0.4, -0.2) is 61.7 Å². The molecule has 1 aliphatic heterocycles. The Morgan fingerprint density at radius 3 is 2.35 bits per heavy atom. The molecule has 0 aliphatic carbocycles. The molecule has 0 aromatic heterocycles. The molecule has 0 N–H and O–H groups in total. The lowest BCUT2D eigenvalue weighted by Gasteiger charge is -2.44. The van der Waals surface area contributed by atoms with Gasteiger partial charge in [-0.15, -0.1) is 0 Å². The molecule has 1 saturated heterocycles. The van der Waals surface area contributed by atoms with Crippen LogP contribution in [0.5, 0.6) is 0 Å². The molecule has 0 unspecified atom stereocenters. The summed E-state index contributed by atoms with van der Waals surface area (Å²) in [4.78, 5) is 32.3. The molecular weight excluding hydrogens is 356 g/mol. The number of hydrogen-bond donors (Lipinski definition) is 0. The van der Waals surface area contributed by atoms with Crippen LogP contribution >= 0.6 is 11.6 Å². The van der Waals surface area contributed by atoms with Gasteiger partial charge in [-0.2, -0.15) is 5.06 Å². The first-order chi connectivity index (χ1) is 12.2. The Hall–Kier alpha value is -1.63. The van der Waals surface area contributed by atoms with E-state index in [2.05, 4.69) is 0 Å². The Morgan fingerprint density at radius 2 is 1.85 bits per heavy atom. The quantitative estimate of drug-likeness (QED) is 0.732. The smallest absolute Gasteiger partial charge is 0.331 e. The van der Waals surface area contributed by atoms with Gasteiger partial charge in [-0.05, 0) is 49.4 Å². The van der Waals surface area contributed by atoms with Gasteiger partial charge in [0.05, 0.1) is 20.6 Å². The summed E-state index contributed by atoms with van der Waals surface area (Å²) < 4.78 is 5.03. The molecular formula is C19H27ClN2O4. The Kier molecular flexibility index (Phi) is 6.66. The molecule has 1 aromatic rings. The van der Waals surface area contributed by atoms with E-state index in [0.29, 0.717) is 31.0 Å². The lowest BCUT2D eigenvalue weighted by atomic mass is 9.86. The maximum Gasteiger partial charge on any atom is 0.331 e. The normalized spacial score (nSPS) is 17.0. The number of hydrogen-bond acceptors (Lipinski definition) is 5. The molecule has 2 rings (SSSR count). The molecule has 1 amide bonds. The number of rotatable bonds is 5. The topological polar surface area (TPSA) is 59.1 Å². The highest BCUT2D eigenvalue weighted by atomic mass is 35.5. The number of piperidine rings is 1. The SMILES string of the molecule is COC(=O)C1(N(C)C(=O)Cc2c(C)cc(C)cc2Cl)CCN(OC)CC1. The molecule has 1 heterocycles. The average Bonchev–Trinajstić information content (AvgIpc) is 2.63. The van der Waals surface area contributed by atoms with E-state index >= 15 is 0 Å². The summed E-state index contributed by atoms with van der Waals surface area (Å²) in [6, 6.07) is 3.85. The second-order valence-electron chi connectivity index (χ2n) is 6.81. The highest BCUT2D eigenvalue weighted by molar-refractivity contribution is 6.31. The predicted octanol–water partition coefficient (Wildman–Crippen LogP) is 2.53. The van der Waals surface area contributed by atoms with E-state index in [1.807, 2.05) is 26.0 Å². The number of nitrogens with zero attached hydrogens (tertiary/aromatic N) is 2. The zero-order valence-corrected chi connectivity index (χ0v) is 16.9. The van der Waals surface area contributed by atoms with Crippen molar-refractivity contribution in [3.63, 3.8) is 0 Å². The number of benzene rings is 1. The fourth-order valence-electron chi connectivity index (χ4n) is 3.58.